The van der Waals surface area contributed by atoms with E-state index >= 15 is 0 Å². The molecule has 14 heavy (non-hydrogen) atoms. The number of hydrogen-bond donors (Lipinski definition) is 1. The third-order valence-electron chi connectivity index (χ3n) is 2.75. The molecule has 0 aromatic heterocycles. The van der Waals surface area contributed by atoms with Crippen molar-refractivity contribution in [3.8, 4) is 0 Å². The lowest BCUT2D eigenvalue weighted by Crippen LogP contribution is -2.44. The Bertz CT molecular complexity index is 265. The lowest BCUT2D eigenvalue weighted by atomic mass is 9.74. The molecule has 0 aromatic carbocycles. The van der Waals surface area contributed by atoms with Gasteiger partial charge >= 0.3 is 5.97 Å². The van der Waals surface area contributed by atoms with E-state index in [2.05, 4.69) is 5.32 Å². The largest absolute Gasteiger partial charge is 0.466 e. The number of hydrogen-bond acceptors (Lipinski definition) is 3. The molecule has 0 aromatic rings. The molecule has 1 atom stereocenters. The van der Waals surface area contributed by atoms with Crippen LogP contribution in [-0.4, -0.2) is 24.7 Å². The molecule has 0 aliphatic carbocycles. The van der Waals surface area contributed by atoms with Crippen LogP contribution in [-0.2, 0) is 9.53 Å². The first-order chi connectivity index (χ1) is 7.43. The summed E-state index contributed by atoms with van der Waals surface area (Å²) in [6.07, 6.45) is 0. The molecule has 3 heteroatoms. The van der Waals surface area contributed by atoms with Gasteiger partial charge < -0.3 is 10.1 Å². The summed E-state index contributed by atoms with van der Waals surface area (Å²) in [4.78, 5) is 12.0. The van der Waals surface area contributed by atoms with Crippen molar-refractivity contribution in [3.05, 3.63) is 0 Å². The highest BCUT2D eigenvalue weighted by Gasteiger charge is 2.51. The average Bonchev–Trinajstić information content (AvgIpc) is 2.51. The minimum atomic E-state index is -0.740. The first-order valence-electron chi connectivity index (χ1n) is 6.35. The van der Waals surface area contributed by atoms with E-state index in [1.807, 2.05) is 13.8 Å². The van der Waals surface area contributed by atoms with Gasteiger partial charge in [-0.1, -0.05) is 13.8 Å². The summed E-state index contributed by atoms with van der Waals surface area (Å²) < 4.78 is 20.3. The van der Waals surface area contributed by atoms with Crippen LogP contribution in [0.1, 0.15) is 37.3 Å². The molecular weight excluding hydrogens is 178 g/mol. The van der Waals surface area contributed by atoms with Gasteiger partial charge in [0.1, 0.15) is 0 Å². The van der Waals surface area contributed by atoms with Crippen LogP contribution in [0, 0.1) is 11.3 Å². The standard InChI is InChI=1S/C11H21NO2/c1-6-14-9(13)8-10(2,3)7-12-11(8,4)5/h8,12H,6-7H2,1-5H3/i4D,5D. The second-order valence-corrected chi connectivity index (χ2v) is 4.68. The Morgan fingerprint density at radius 2 is 2.29 bits per heavy atom. The summed E-state index contributed by atoms with van der Waals surface area (Å²) in [6.45, 7) is 6.79. The predicted octanol–water partition coefficient (Wildman–Crippen LogP) is 1.57. The van der Waals surface area contributed by atoms with E-state index in [-0.39, 0.29) is 25.2 Å². The maximum absolute atomic E-state index is 12.0. The molecule has 3 nitrogen and oxygen atoms in total. The van der Waals surface area contributed by atoms with Crippen LogP contribution in [0.25, 0.3) is 0 Å². The lowest BCUT2D eigenvalue weighted by Gasteiger charge is -2.31. The Morgan fingerprint density at radius 1 is 1.64 bits per heavy atom. The number of carbonyl (C=O) groups is 1. The van der Waals surface area contributed by atoms with Gasteiger partial charge in [0.2, 0.25) is 0 Å². The van der Waals surface area contributed by atoms with Crippen molar-refractivity contribution in [2.45, 2.75) is 40.1 Å². The average molecular weight is 201 g/mol. The van der Waals surface area contributed by atoms with Gasteiger partial charge in [-0.05, 0) is 26.1 Å². The summed E-state index contributed by atoms with van der Waals surface area (Å²) in [5.74, 6) is -0.688. The van der Waals surface area contributed by atoms with Gasteiger partial charge in [-0.3, -0.25) is 4.79 Å². The minimum absolute atomic E-state index is 0.0312. The van der Waals surface area contributed by atoms with Crippen LogP contribution in [0.5, 0.6) is 0 Å². The summed E-state index contributed by atoms with van der Waals surface area (Å²) in [6, 6.07) is 0. The van der Waals surface area contributed by atoms with Crippen molar-refractivity contribution in [1.82, 2.24) is 5.32 Å². The van der Waals surface area contributed by atoms with E-state index in [4.69, 9.17) is 7.48 Å². The van der Waals surface area contributed by atoms with Crippen LogP contribution in [0.4, 0.5) is 0 Å². The normalized spacial score (nSPS) is 30.6. The van der Waals surface area contributed by atoms with Crippen LogP contribution in [0.3, 0.4) is 0 Å². The summed E-state index contributed by atoms with van der Waals surface area (Å²) in [7, 11) is 0. The number of nitrogens with one attached hydrogen (secondary N) is 1. The van der Waals surface area contributed by atoms with E-state index < -0.39 is 11.5 Å². The van der Waals surface area contributed by atoms with Crippen LogP contribution in [0.2, 0.25) is 0 Å². The quantitative estimate of drug-likeness (QED) is 0.689. The van der Waals surface area contributed by atoms with Gasteiger partial charge in [-0.2, -0.15) is 0 Å². The number of rotatable bonds is 2. The number of ether oxygens (including phenoxy) is 1. The summed E-state index contributed by atoms with van der Waals surface area (Å²) in [5, 5.41) is 3.17. The van der Waals surface area contributed by atoms with E-state index in [0.717, 1.165) is 0 Å². The van der Waals surface area contributed by atoms with E-state index in [0.29, 0.717) is 13.2 Å². The first kappa shape index (κ1) is 8.72. The second-order valence-electron chi connectivity index (χ2n) is 4.68. The minimum Gasteiger partial charge on any atom is -0.466 e. The van der Waals surface area contributed by atoms with Crippen molar-refractivity contribution >= 4 is 5.97 Å². The Balaban J connectivity index is 3.00. The van der Waals surface area contributed by atoms with Gasteiger partial charge in [0.05, 0.1) is 12.5 Å². The molecule has 1 fully saturated rings. The van der Waals surface area contributed by atoms with Crippen molar-refractivity contribution < 1.29 is 12.3 Å². The van der Waals surface area contributed by atoms with Crippen molar-refractivity contribution in [3.63, 3.8) is 0 Å². The molecule has 1 aliphatic rings. The fraction of sp³-hybridized carbons (Fsp3) is 0.909. The molecule has 1 N–H and O–H groups in total. The number of carbonyl (C=O) groups excluding carboxylic acids is 1. The molecule has 0 bridgehead atoms. The molecule has 0 radical (unpaired) electrons. The van der Waals surface area contributed by atoms with Gasteiger partial charge in [0.15, 0.2) is 0 Å². The fourth-order valence-corrected chi connectivity index (χ4v) is 2.13. The summed E-state index contributed by atoms with van der Waals surface area (Å²) >= 11 is 0. The second kappa shape index (κ2) is 3.54. The van der Waals surface area contributed by atoms with Gasteiger partial charge in [0, 0.05) is 14.8 Å². The van der Waals surface area contributed by atoms with Crippen LogP contribution < -0.4 is 5.32 Å². The van der Waals surface area contributed by atoms with Crippen LogP contribution in [0.15, 0.2) is 0 Å². The molecule has 1 saturated heterocycles. The molecule has 1 heterocycles. The molecule has 0 amide bonds. The monoisotopic (exact) mass is 201 g/mol. The molecule has 1 rings (SSSR count). The molecule has 0 spiro atoms. The van der Waals surface area contributed by atoms with E-state index in [1.54, 1.807) is 6.92 Å². The Labute approximate surface area is 89.0 Å². The highest BCUT2D eigenvalue weighted by Crippen LogP contribution is 2.41. The summed E-state index contributed by atoms with van der Waals surface area (Å²) in [5.41, 5.74) is -0.996. The molecule has 1 unspecified atom stereocenters. The Kier molecular flexibility index (Phi) is 2.20. The van der Waals surface area contributed by atoms with Crippen molar-refractivity contribution in [2.75, 3.05) is 13.2 Å². The Morgan fingerprint density at radius 3 is 2.79 bits per heavy atom. The lowest BCUT2D eigenvalue weighted by molar-refractivity contribution is -0.153. The SMILES string of the molecule is [2H]CC1(C[2H])NCC(C)(C)C1C(=O)OCC. The zero-order valence-electron chi connectivity index (χ0n) is 11.2. The zero-order chi connectivity index (χ0) is 12.4. The highest BCUT2D eigenvalue weighted by atomic mass is 16.5. The smallest absolute Gasteiger partial charge is 0.311 e. The van der Waals surface area contributed by atoms with Gasteiger partial charge in [-0.25, -0.2) is 0 Å². The zero-order valence-corrected chi connectivity index (χ0v) is 9.22. The highest BCUT2D eigenvalue weighted by molar-refractivity contribution is 5.75. The molecule has 1 aliphatic heterocycles. The first-order valence-corrected chi connectivity index (χ1v) is 4.93. The maximum Gasteiger partial charge on any atom is 0.311 e. The number of esters is 1. The van der Waals surface area contributed by atoms with E-state index in [9.17, 15) is 4.79 Å². The molecule has 0 saturated carbocycles. The van der Waals surface area contributed by atoms with Crippen molar-refractivity contribution in [2.24, 2.45) is 11.3 Å². The third-order valence-corrected chi connectivity index (χ3v) is 2.75. The Hall–Kier alpha value is -0.570. The molecular formula is C11H21NO2. The van der Waals surface area contributed by atoms with Crippen LogP contribution >= 0.6 is 0 Å². The van der Waals surface area contributed by atoms with Gasteiger partial charge in [-0.15, -0.1) is 0 Å². The fourth-order valence-electron chi connectivity index (χ4n) is 2.13. The topological polar surface area (TPSA) is 38.3 Å². The van der Waals surface area contributed by atoms with Gasteiger partial charge in [0.25, 0.3) is 0 Å². The molecule has 82 valence electrons. The maximum atomic E-state index is 12.0. The van der Waals surface area contributed by atoms with E-state index in [1.165, 1.54) is 0 Å². The predicted molar refractivity (Wildman–Crippen MR) is 56.0 cm³/mol. The van der Waals surface area contributed by atoms with Crippen molar-refractivity contribution in [1.29, 1.82) is 0 Å². The third kappa shape index (κ3) is 1.92.